The van der Waals surface area contributed by atoms with E-state index in [1.807, 2.05) is 0 Å². The van der Waals surface area contributed by atoms with Gasteiger partial charge in [-0.25, -0.2) is 4.79 Å². The molecular formula is C10H14N4O2. The summed E-state index contributed by atoms with van der Waals surface area (Å²) in [7, 11) is 0. The van der Waals surface area contributed by atoms with Gasteiger partial charge in [-0.3, -0.25) is 0 Å². The molecule has 86 valence electrons. The molecule has 2 heterocycles. The summed E-state index contributed by atoms with van der Waals surface area (Å²) in [5.41, 5.74) is 5.38. The molecule has 0 bridgehead atoms. The summed E-state index contributed by atoms with van der Waals surface area (Å²) in [6, 6.07) is 3.08. The number of carbonyl (C=O) groups excluding carboxylic acids is 1. The summed E-state index contributed by atoms with van der Waals surface area (Å²) in [5.74, 6) is 0.488. The molecule has 0 saturated carbocycles. The number of carbonyl (C=O) groups is 1. The summed E-state index contributed by atoms with van der Waals surface area (Å²) >= 11 is 0. The van der Waals surface area contributed by atoms with Crippen molar-refractivity contribution in [3.05, 3.63) is 12.1 Å². The van der Waals surface area contributed by atoms with Crippen molar-refractivity contribution in [3.63, 3.8) is 0 Å². The SMILES string of the molecule is Nc1ccc(OC(=O)N2CCCCC2)nn1. The van der Waals surface area contributed by atoms with Crippen molar-refractivity contribution in [1.29, 1.82) is 0 Å². The Morgan fingerprint density at radius 1 is 1.25 bits per heavy atom. The Morgan fingerprint density at radius 2 is 2.00 bits per heavy atom. The van der Waals surface area contributed by atoms with Crippen LogP contribution in [0.5, 0.6) is 5.88 Å². The van der Waals surface area contributed by atoms with Crippen molar-refractivity contribution in [1.82, 2.24) is 15.1 Å². The highest BCUT2D eigenvalue weighted by Crippen LogP contribution is 2.12. The van der Waals surface area contributed by atoms with E-state index in [1.165, 1.54) is 12.5 Å². The van der Waals surface area contributed by atoms with E-state index in [2.05, 4.69) is 10.2 Å². The minimum atomic E-state index is -0.362. The van der Waals surface area contributed by atoms with Gasteiger partial charge in [0, 0.05) is 19.2 Å². The molecule has 0 radical (unpaired) electrons. The molecule has 1 fully saturated rings. The fourth-order valence-corrected chi connectivity index (χ4v) is 1.62. The van der Waals surface area contributed by atoms with Gasteiger partial charge in [0.1, 0.15) is 5.82 Å². The Bertz CT molecular complexity index is 360. The average molecular weight is 222 g/mol. The lowest BCUT2D eigenvalue weighted by molar-refractivity contribution is 0.140. The van der Waals surface area contributed by atoms with Crippen LogP contribution in [-0.4, -0.2) is 34.3 Å². The van der Waals surface area contributed by atoms with Crippen molar-refractivity contribution < 1.29 is 9.53 Å². The lowest BCUT2D eigenvalue weighted by Gasteiger charge is -2.25. The van der Waals surface area contributed by atoms with E-state index in [1.54, 1.807) is 11.0 Å². The second-order valence-corrected chi connectivity index (χ2v) is 3.71. The van der Waals surface area contributed by atoms with Crippen LogP contribution in [0.2, 0.25) is 0 Å². The first kappa shape index (κ1) is 10.7. The van der Waals surface area contributed by atoms with E-state index in [4.69, 9.17) is 10.5 Å². The lowest BCUT2D eigenvalue weighted by atomic mass is 10.1. The molecule has 16 heavy (non-hydrogen) atoms. The molecule has 6 heteroatoms. The topological polar surface area (TPSA) is 81.3 Å². The summed E-state index contributed by atoms with van der Waals surface area (Å²) in [6.45, 7) is 1.50. The van der Waals surface area contributed by atoms with Crippen LogP contribution in [0.15, 0.2) is 12.1 Å². The molecule has 1 aromatic heterocycles. The van der Waals surface area contributed by atoms with Crippen molar-refractivity contribution in [2.45, 2.75) is 19.3 Å². The zero-order valence-corrected chi connectivity index (χ0v) is 8.93. The van der Waals surface area contributed by atoms with E-state index in [9.17, 15) is 4.79 Å². The molecule has 6 nitrogen and oxygen atoms in total. The molecule has 0 aromatic carbocycles. The van der Waals surface area contributed by atoms with Crippen molar-refractivity contribution >= 4 is 11.9 Å². The van der Waals surface area contributed by atoms with Gasteiger partial charge in [-0.2, -0.15) is 0 Å². The number of ether oxygens (including phenoxy) is 1. The van der Waals surface area contributed by atoms with Gasteiger partial charge in [0.2, 0.25) is 5.88 Å². The fourth-order valence-electron chi connectivity index (χ4n) is 1.62. The maximum Gasteiger partial charge on any atom is 0.416 e. The predicted molar refractivity (Wildman–Crippen MR) is 57.9 cm³/mol. The molecule has 1 aliphatic rings. The van der Waals surface area contributed by atoms with E-state index < -0.39 is 0 Å². The van der Waals surface area contributed by atoms with E-state index >= 15 is 0 Å². The summed E-state index contributed by atoms with van der Waals surface area (Å²) in [6.07, 6.45) is 2.87. The van der Waals surface area contributed by atoms with Gasteiger partial charge >= 0.3 is 6.09 Å². The minimum Gasteiger partial charge on any atom is -0.389 e. The first-order valence-electron chi connectivity index (χ1n) is 5.32. The normalized spacial score (nSPS) is 15.9. The van der Waals surface area contributed by atoms with Crippen LogP contribution in [-0.2, 0) is 0 Å². The highest BCUT2D eigenvalue weighted by atomic mass is 16.6. The summed E-state index contributed by atoms with van der Waals surface area (Å²) in [5, 5.41) is 7.28. The van der Waals surface area contributed by atoms with Crippen LogP contribution < -0.4 is 10.5 Å². The Hall–Kier alpha value is -1.85. The maximum absolute atomic E-state index is 11.7. The van der Waals surface area contributed by atoms with E-state index in [0.29, 0.717) is 5.82 Å². The van der Waals surface area contributed by atoms with Gasteiger partial charge in [-0.15, -0.1) is 10.2 Å². The number of nitrogen functional groups attached to an aromatic ring is 1. The summed E-state index contributed by atoms with van der Waals surface area (Å²) in [4.78, 5) is 13.3. The first-order valence-corrected chi connectivity index (χ1v) is 5.32. The molecule has 0 unspecified atom stereocenters. The maximum atomic E-state index is 11.7. The number of aromatic nitrogens is 2. The third kappa shape index (κ3) is 2.59. The number of amides is 1. The van der Waals surface area contributed by atoms with Crippen LogP contribution in [0.1, 0.15) is 19.3 Å². The van der Waals surface area contributed by atoms with Gasteiger partial charge in [0.05, 0.1) is 0 Å². The molecule has 2 rings (SSSR count). The number of nitrogens with zero attached hydrogens (tertiary/aromatic N) is 3. The third-order valence-corrected chi connectivity index (χ3v) is 2.47. The smallest absolute Gasteiger partial charge is 0.389 e. The van der Waals surface area contributed by atoms with Gasteiger partial charge in [-0.1, -0.05) is 0 Å². The van der Waals surface area contributed by atoms with Crippen molar-refractivity contribution in [2.24, 2.45) is 0 Å². The second kappa shape index (κ2) is 4.78. The molecule has 0 aliphatic carbocycles. The number of hydrogen-bond donors (Lipinski definition) is 1. The average Bonchev–Trinajstić information content (AvgIpc) is 2.33. The van der Waals surface area contributed by atoms with E-state index in [-0.39, 0.29) is 12.0 Å². The highest BCUT2D eigenvalue weighted by Gasteiger charge is 2.18. The van der Waals surface area contributed by atoms with Crippen LogP contribution in [0, 0.1) is 0 Å². The number of likely N-dealkylation sites (tertiary alicyclic amines) is 1. The van der Waals surface area contributed by atoms with Crippen LogP contribution in [0.3, 0.4) is 0 Å². The molecule has 0 spiro atoms. The predicted octanol–water partition coefficient (Wildman–Crippen LogP) is 1.04. The number of nitrogens with two attached hydrogens (primary N) is 1. The number of anilines is 1. The highest BCUT2D eigenvalue weighted by molar-refractivity contribution is 5.70. The fraction of sp³-hybridized carbons (Fsp3) is 0.500. The standard InChI is InChI=1S/C10H14N4O2/c11-8-4-5-9(13-12-8)16-10(15)14-6-2-1-3-7-14/h4-5H,1-3,6-7H2,(H2,11,12). The molecule has 1 aliphatic heterocycles. The van der Waals surface area contributed by atoms with Gasteiger partial charge in [0.25, 0.3) is 0 Å². The molecule has 1 amide bonds. The van der Waals surface area contributed by atoms with Gasteiger partial charge in [-0.05, 0) is 25.3 Å². The second-order valence-electron chi connectivity index (χ2n) is 3.71. The van der Waals surface area contributed by atoms with Crippen LogP contribution >= 0.6 is 0 Å². The zero-order chi connectivity index (χ0) is 11.4. The third-order valence-electron chi connectivity index (χ3n) is 2.47. The Kier molecular flexibility index (Phi) is 3.19. The molecular weight excluding hydrogens is 208 g/mol. The minimum absolute atomic E-state index is 0.185. The number of rotatable bonds is 1. The molecule has 2 N–H and O–H groups in total. The lowest BCUT2D eigenvalue weighted by Crippen LogP contribution is -2.37. The number of hydrogen-bond acceptors (Lipinski definition) is 5. The quantitative estimate of drug-likeness (QED) is 0.767. The van der Waals surface area contributed by atoms with E-state index in [0.717, 1.165) is 25.9 Å². The van der Waals surface area contributed by atoms with Gasteiger partial charge < -0.3 is 15.4 Å². The molecule has 1 saturated heterocycles. The molecule has 1 aromatic rings. The van der Waals surface area contributed by atoms with Crippen molar-refractivity contribution in [3.8, 4) is 5.88 Å². The first-order chi connectivity index (χ1) is 7.75. The Balaban J connectivity index is 1.93. The van der Waals surface area contributed by atoms with Crippen molar-refractivity contribution in [2.75, 3.05) is 18.8 Å². The monoisotopic (exact) mass is 222 g/mol. The van der Waals surface area contributed by atoms with Gasteiger partial charge in [0.15, 0.2) is 0 Å². The van der Waals surface area contributed by atoms with Crippen LogP contribution in [0.25, 0.3) is 0 Å². The zero-order valence-electron chi connectivity index (χ0n) is 8.93. The Morgan fingerprint density at radius 3 is 2.62 bits per heavy atom. The largest absolute Gasteiger partial charge is 0.416 e. The summed E-state index contributed by atoms with van der Waals surface area (Å²) < 4.78 is 5.07. The molecule has 0 atom stereocenters. The van der Waals surface area contributed by atoms with Crippen LogP contribution in [0.4, 0.5) is 10.6 Å². The number of piperidine rings is 1. The Labute approximate surface area is 93.4 Å².